The minimum atomic E-state index is 0.704. The molecule has 1 nitrogen and oxygen atoms in total. The number of hydrogen-bond donors (Lipinski definition) is 1. The highest BCUT2D eigenvalue weighted by Crippen LogP contribution is 2.38. The zero-order chi connectivity index (χ0) is 7.26. The first-order valence-corrected chi connectivity index (χ1v) is 5.14. The lowest BCUT2D eigenvalue weighted by Crippen LogP contribution is -2.30. The summed E-state index contributed by atoms with van der Waals surface area (Å²) in [6.45, 7) is 0. The summed E-state index contributed by atoms with van der Waals surface area (Å²) in [4.78, 5) is 1.64. The van der Waals surface area contributed by atoms with Crippen molar-refractivity contribution in [3.8, 4) is 0 Å². The van der Waals surface area contributed by atoms with E-state index in [0.717, 1.165) is 6.04 Å². The van der Waals surface area contributed by atoms with E-state index in [-0.39, 0.29) is 0 Å². The molecule has 0 amide bonds. The molecule has 1 fully saturated rings. The van der Waals surface area contributed by atoms with E-state index in [0.29, 0.717) is 6.04 Å². The van der Waals surface area contributed by atoms with E-state index in [9.17, 15) is 0 Å². The average Bonchev–Trinajstić information content (AvgIpc) is 2.58. The summed E-state index contributed by atoms with van der Waals surface area (Å²) < 4.78 is 0. The molecule has 1 saturated heterocycles. The molecule has 0 saturated carbocycles. The van der Waals surface area contributed by atoms with Crippen LogP contribution >= 0.6 is 11.3 Å². The molecule has 2 bridgehead atoms. The lowest BCUT2D eigenvalue weighted by molar-refractivity contribution is 0.521. The summed E-state index contributed by atoms with van der Waals surface area (Å²) in [7, 11) is 0. The number of hydrogen-bond acceptors (Lipinski definition) is 2. The van der Waals surface area contributed by atoms with Crippen molar-refractivity contribution in [1.29, 1.82) is 0 Å². The van der Waals surface area contributed by atoms with Crippen molar-refractivity contribution in [2.24, 2.45) is 0 Å². The molecule has 1 N–H and O–H groups in total. The molecule has 58 valence electrons. The molecule has 1 aromatic heterocycles. The second kappa shape index (κ2) is 2.08. The fourth-order valence-electron chi connectivity index (χ4n) is 2.28. The van der Waals surface area contributed by atoms with Crippen LogP contribution in [0.15, 0.2) is 11.4 Å². The van der Waals surface area contributed by atoms with Gasteiger partial charge in [0.15, 0.2) is 0 Å². The van der Waals surface area contributed by atoms with Crippen LogP contribution in [0, 0.1) is 0 Å². The second-order valence-corrected chi connectivity index (χ2v) is 4.50. The van der Waals surface area contributed by atoms with Gasteiger partial charge in [-0.15, -0.1) is 11.3 Å². The molecule has 11 heavy (non-hydrogen) atoms. The Labute approximate surface area is 70.4 Å². The lowest BCUT2D eigenvalue weighted by atomic mass is 10.0. The third-order valence-electron chi connectivity index (χ3n) is 2.83. The average molecular weight is 165 g/mol. The SMILES string of the molecule is c1cc2c(s1)CC1CCC2N1. The second-order valence-electron chi connectivity index (χ2n) is 3.50. The monoisotopic (exact) mass is 165 g/mol. The van der Waals surface area contributed by atoms with E-state index in [1.54, 1.807) is 10.4 Å². The number of fused-ring (bicyclic) bond motifs is 4. The van der Waals surface area contributed by atoms with Gasteiger partial charge in [0.25, 0.3) is 0 Å². The van der Waals surface area contributed by atoms with Crippen molar-refractivity contribution < 1.29 is 0 Å². The van der Waals surface area contributed by atoms with Crippen LogP contribution in [0.1, 0.15) is 29.3 Å². The van der Waals surface area contributed by atoms with Gasteiger partial charge >= 0.3 is 0 Å². The third kappa shape index (κ3) is 0.797. The van der Waals surface area contributed by atoms with Gasteiger partial charge in [-0.2, -0.15) is 0 Å². The smallest absolute Gasteiger partial charge is 0.0334 e. The predicted octanol–water partition coefficient (Wildman–Crippen LogP) is 2.10. The summed E-state index contributed by atoms with van der Waals surface area (Å²) in [6.07, 6.45) is 4.02. The lowest BCUT2D eigenvalue weighted by Gasteiger charge is -2.20. The van der Waals surface area contributed by atoms with Gasteiger partial charge in [0.1, 0.15) is 0 Å². The molecule has 2 atom stereocenters. The van der Waals surface area contributed by atoms with Crippen molar-refractivity contribution in [3.63, 3.8) is 0 Å². The van der Waals surface area contributed by atoms with Crippen molar-refractivity contribution >= 4 is 11.3 Å². The topological polar surface area (TPSA) is 12.0 Å². The van der Waals surface area contributed by atoms with Crippen molar-refractivity contribution in [3.05, 3.63) is 21.9 Å². The van der Waals surface area contributed by atoms with Gasteiger partial charge < -0.3 is 5.32 Å². The standard InChI is InChI=1S/C9H11NS/c1-2-8-7-3-4-11-9(7)5-6(1)10-8/h3-4,6,8,10H,1-2,5H2. The van der Waals surface area contributed by atoms with Crippen LogP contribution in [0.2, 0.25) is 0 Å². The highest BCUT2D eigenvalue weighted by molar-refractivity contribution is 7.10. The summed E-state index contributed by atoms with van der Waals surface area (Å²) >= 11 is 1.93. The highest BCUT2D eigenvalue weighted by atomic mass is 32.1. The minimum Gasteiger partial charge on any atom is -0.307 e. The summed E-state index contributed by atoms with van der Waals surface area (Å²) in [5.74, 6) is 0. The Morgan fingerprint density at radius 1 is 1.45 bits per heavy atom. The van der Waals surface area contributed by atoms with E-state index in [4.69, 9.17) is 0 Å². The molecular weight excluding hydrogens is 154 g/mol. The molecule has 3 rings (SSSR count). The van der Waals surface area contributed by atoms with E-state index in [2.05, 4.69) is 16.8 Å². The fraction of sp³-hybridized carbons (Fsp3) is 0.556. The Hall–Kier alpha value is -0.340. The summed E-state index contributed by atoms with van der Waals surface area (Å²) in [6, 6.07) is 3.79. The van der Waals surface area contributed by atoms with E-state index in [1.165, 1.54) is 19.3 Å². The van der Waals surface area contributed by atoms with Crippen molar-refractivity contribution in [2.75, 3.05) is 0 Å². The first-order chi connectivity index (χ1) is 5.43. The maximum atomic E-state index is 3.64. The van der Waals surface area contributed by atoms with Gasteiger partial charge in [-0.05, 0) is 36.3 Å². The molecule has 1 aromatic rings. The fourth-order valence-corrected chi connectivity index (χ4v) is 3.30. The molecule has 3 heterocycles. The molecule has 0 spiro atoms. The molecule has 2 aliphatic rings. The number of thiophene rings is 1. The molecular formula is C9H11NS. The van der Waals surface area contributed by atoms with Crippen LogP contribution in [0.3, 0.4) is 0 Å². The third-order valence-corrected chi connectivity index (χ3v) is 3.79. The van der Waals surface area contributed by atoms with Crippen LogP contribution in [0.25, 0.3) is 0 Å². The Balaban J connectivity index is 2.12. The largest absolute Gasteiger partial charge is 0.307 e. The highest BCUT2D eigenvalue weighted by Gasteiger charge is 2.32. The first-order valence-electron chi connectivity index (χ1n) is 4.26. The number of rotatable bonds is 0. The molecule has 2 unspecified atom stereocenters. The van der Waals surface area contributed by atoms with Gasteiger partial charge in [-0.1, -0.05) is 0 Å². The van der Waals surface area contributed by atoms with Gasteiger partial charge in [0.2, 0.25) is 0 Å². The van der Waals surface area contributed by atoms with E-state index < -0.39 is 0 Å². The van der Waals surface area contributed by atoms with E-state index in [1.807, 2.05) is 11.3 Å². The maximum absolute atomic E-state index is 3.64. The van der Waals surface area contributed by atoms with Crippen LogP contribution in [-0.4, -0.2) is 6.04 Å². The summed E-state index contributed by atoms with van der Waals surface area (Å²) in [5, 5.41) is 5.87. The first kappa shape index (κ1) is 6.21. The zero-order valence-corrected chi connectivity index (χ0v) is 7.16. The Bertz CT molecular complexity index is 279. The zero-order valence-electron chi connectivity index (χ0n) is 6.34. The van der Waals surface area contributed by atoms with Crippen molar-refractivity contribution in [2.45, 2.75) is 31.3 Å². The van der Waals surface area contributed by atoms with Gasteiger partial charge in [-0.25, -0.2) is 0 Å². The van der Waals surface area contributed by atoms with Crippen molar-refractivity contribution in [1.82, 2.24) is 5.32 Å². The molecule has 0 radical (unpaired) electrons. The predicted molar refractivity (Wildman–Crippen MR) is 46.9 cm³/mol. The Kier molecular flexibility index (Phi) is 1.17. The Morgan fingerprint density at radius 3 is 3.45 bits per heavy atom. The Morgan fingerprint density at radius 2 is 2.45 bits per heavy atom. The molecule has 2 heteroatoms. The normalized spacial score (nSPS) is 33.8. The number of nitrogens with one attached hydrogen (secondary N) is 1. The molecule has 2 aliphatic heterocycles. The molecule has 0 aromatic carbocycles. The maximum Gasteiger partial charge on any atom is 0.0334 e. The van der Waals surface area contributed by atoms with Crippen LogP contribution in [-0.2, 0) is 6.42 Å². The summed E-state index contributed by atoms with van der Waals surface area (Å²) in [5.41, 5.74) is 1.59. The molecule has 0 aliphatic carbocycles. The van der Waals surface area contributed by atoms with Crippen LogP contribution in [0.5, 0.6) is 0 Å². The van der Waals surface area contributed by atoms with Crippen LogP contribution in [0.4, 0.5) is 0 Å². The minimum absolute atomic E-state index is 0.704. The quantitative estimate of drug-likeness (QED) is 0.620. The van der Waals surface area contributed by atoms with Gasteiger partial charge in [0.05, 0.1) is 0 Å². The van der Waals surface area contributed by atoms with Gasteiger partial charge in [-0.3, -0.25) is 0 Å². The van der Waals surface area contributed by atoms with Crippen LogP contribution < -0.4 is 5.32 Å². The van der Waals surface area contributed by atoms with E-state index >= 15 is 0 Å². The van der Waals surface area contributed by atoms with Gasteiger partial charge in [0, 0.05) is 17.0 Å².